The smallest absolute Gasteiger partial charge is 0.306 e. The zero-order valence-corrected chi connectivity index (χ0v) is 29.5. The Balaban J connectivity index is 3.66. The number of allylic oxidation sites excluding steroid dienone is 16. The maximum absolute atomic E-state index is 12.1. The van der Waals surface area contributed by atoms with Gasteiger partial charge in [-0.1, -0.05) is 143 Å². The van der Waals surface area contributed by atoms with Crippen LogP contribution >= 0.6 is 0 Å². The van der Waals surface area contributed by atoms with Crippen molar-refractivity contribution in [1.29, 1.82) is 0 Å². The van der Waals surface area contributed by atoms with E-state index in [4.69, 9.17) is 9.47 Å². The summed E-state index contributed by atoms with van der Waals surface area (Å²) in [6.45, 7) is 5.07. The highest BCUT2D eigenvalue weighted by Crippen LogP contribution is 2.09. The van der Waals surface area contributed by atoms with Crippen molar-refractivity contribution in [3.8, 4) is 0 Å². The second kappa shape index (κ2) is 38.5. The zero-order chi connectivity index (χ0) is 33.4. The minimum atomic E-state index is -0.572. The molecule has 0 rings (SSSR count). The molecule has 0 fully saturated rings. The number of hydrogen-bond acceptors (Lipinski definition) is 4. The lowest BCUT2D eigenvalue weighted by atomic mass is 10.1. The van der Waals surface area contributed by atoms with Crippen LogP contribution in [0.5, 0.6) is 0 Å². The molecule has 1 N–H and O–H groups in total. The van der Waals surface area contributed by atoms with Crippen LogP contribution in [0.3, 0.4) is 0 Å². The summed E-state index contributed by atoms with van der Waals surface area (Å²) in [5.74, 6) is -0.266. The monoisotopic (exact) mass is 637 g/mol. The highest BCUT2D eigenvalue weighted by Gasteiger charge is 2.13. The van der Waals surface area contributed by atoms with Gasteiger partial charge >= 0.3 is 5.97 Å². The quantitative estimate of drug-likeness (QED) is 0.0453. The summed E-state index contributed by atoms with van der Waals surface area (Å²) in [5, 5.41) is 9.53. The summed E-state index contributed by atoms with van der Waals surface area (Å²) in [5.41, 5.74) is 0. The molecule has 0 aliphatic heterocycles. The largest absolute Gasteiger partial charge is 0.457 e. The second-order valence-corrected chi connectivity index (χ2v) is 11.6. The van der Waals surface area contributed by atoms with Crippen molar-refractivity contribution >= 4 is 5.97 Å². The van der Waals surface area contributed by atoms with E-state index in [0.29, 0.717) is 13.0 Å². The Labute approximate surface area is 283 Å². The topological polar surface area (TPSA) is 55.8 Å². The lowest BCUT2D eigenvalue weighted by molar-refractivity contribution is -0.154. The van der Waals surface area contributed by atoms with Crippen LogP contribution in [-0.4, -0.2) is 37.0 Å². The van der Waals surface area contributed by atoms with Crippen molar-refractivity contribution in [2.24, 2.45) is 0 Å². The van der Waals surface area contributed by atoms with Gasteiger partial charge < -0.3 is 14.6 Å². The highest BCUT2D eigenvalue weighted by molar-refractivity contribution is 5.69. The molecule has 0 bridgehead atoms. The van der Waals surface area contributed by atoms with Crippen molar-refractivity contribution in [2.45, 2.75) is 142 Å². The Morgan fingerprint density at radius 3 is 1.50 bits per heavy atom. The van der Waals surface area contributed by atoms with Gasteiger partial charge in [0.2, 0.25) is 0 Å². The third-order valence-corrected chi connectivity index (χ3v) is 7.12. The first-order valence-electron chi connectivity index (χ1n) is 18.3. The fourth-order valence-electron chi connectivity index (χ4n) is 4.43. The Hall–Kier alpha value is -2.69. The molecule has 0 aliphatic carbocycles. The van der Waals surface area contributed by atoms with E-state index in [0.717, 1.165) is 70.6 Å². The van der Waals surface area contributed by atoms with Gasteiger partial charge in [0, 0.05) is 13.0 Å². The molecule has 4 nitrogen and oxygen atoms in total. The number of rotatable bonds is 32. The number of carbonyl (C=O) groups is 1. The number of aliphatic hydroxyl groups is 1. The van der Waals surface area contributed by atoms with Crippen LogP contribution in [0.15, 0.2) is 97.2 Å². The van der Waals surface area contributed by atoms with E-state index >= 15 is 0 Å². The standard InChI is InChI=1S/C42H68O4/c1-3-5-7-9-11-13-15-16-17-18-19-20-21-22-23-24-25-26-27-29-31-33-35-37-42(44)46-41(39-43)40-45-38-36-34-32-30-28-14-12-10-8-6-4-2/h5,7-8,10-11,13,16-17,19-20,22-23,25-26,29,31,41,43H,3-4,6,9,12,14-15,18,21,24,27-28,30,32-40H2,1-2H3/b7-5-,10-8-,13-11-,17-16-,20-19-,23-22-,26-25-,31-29-. The summed E-state index contributed by atoms with van der Waals surface area (Å²) in [7, 11) is 0. The number of aliphatic hydroxyl groups excluding tert-OH is 1. The van der Waals surface area contributed by atoms with Gasteiger partial charge in [0.05, 0.1) is 13.2 Å². The van der Waals surface area contributed by atoms with E-state index in [1.165, 1.54) is 44.9 Å². The Morgan fingerprint density at radius 1 is 0.543 bits per heavy atom. The molecule has 1 atom stereocenters. The van der Waals surface area contributed by atoms with E-state index in [2.05, 4.69) is 111 Å². The molecule has 0 aliphatic rings. The minimum Gasteiger partial charge on any atom is -0.457 e. The molecule has 0 spiro atoms. The zero-order valence-electron chi connectivity index (χ0n) is 29.5. The van der Waals surface area contributed by atoms with E-state index in [1.807, 2.05) is 0 Å². The number of unbranched alkanes of at least 4 members (excludes halogenated alkanes) is 8. The van der Waals surface area contributed by atoms with Crippen molar-refractivity contribution in [3.05, 3.63) is 97.2 Å². The van der Waals surface area contributed by atoms with Crippen LogP contribution in [0.4, 0.5) is 0 Å². The first kappa shape index (κ1) is 43.3. The predicted octanol–water partition coefficient (Wildman–Crippen LogP) is 11.8. The van der Waals surface area contributed by atoms with Gasteiger partial charge in [0.1, 0.15) is 6.10 Å². The summed E-state index contributed by atoms with van der Waals surface area (Å²) in [4.78, 5) is 12.1. The summed E-state index contributed by atoms with van der Waals surface area (Å²) in [6, 6.07) is 0. The van der Waals surface area contributed by atoms with Crippen LogP contribution in [0.1, 0.15) is 136 Å². The van der Waals surface area contributed by atoms with Crippen molar-refractivity contribution in [2.75, 3.05) is 19.8 Å². The van der Waals surface area contributed by atoms with Gasteiger partial charge in [0.25, 0.3) is 0 Å². The van der Waals surface area contributed by atoms with Gasteiger partial charge in [-0.25, -0.2) is 0 Å². The lowest BCUT2D eigenvalue weighted by Crippen LogP contribution is -2.27. The first-order valence-corrected chi connectivity index (χ1v) is 18.3. The molecule has 0 aromatic rings. The number of hydrogen-bond donors (Lipinski definition) is 1. The molecule has 0 radical (unpaired) electrons. The Bertz CT molecular complexity index is 887. The minimum absolute atomic E-state index is 0.204. The average Bonchev–Trinajstić information content (AvgIpc) is 3.06. The van der Waals surface area contributed by atoms with Crippen LogP contribution in [0.25, 0.3) is 0 Å². The molecule has 0 aromatic heterocycles. The third-order valence-electron chi connectivity index (χ3n) is 7.12. The molecule has 0 heterocycles. The highest BCUT2D eigenvalue weighted by atomic mass is 16.6. The number of carbonyl (C=O) groups excluding carboxylic acids is 1. The molecule has 4 heteroatoms. The Morgan fingerprint density at radius 2 is 0.978 bits per heavy atom. The fourth-order valence-corrected chi connectivity index (χ4v) is 4.43. The fraction of sp³-hybridized carbons (Fsp3) is 0.595. The van der Waals surface area contributed by atoms with Crippen molar-refractivity contribution < 1.29 is 19.4 Å². The van der Waals surface area contributed by atoms with E-state index < -0.39 is 6.10 Å². The summed E-state index contributed by atoms with van der Waals surface area (Å²) >= 11 is 0. The normalized spacial score (nSPS) is 13.5. The maximum atomic E-state index is 12.1. The predicted molar refractivity (Wildman–Crippen MR) is 200 cm³/mol. The van der Waals surface area contributed by atoms with E-state index in [-0.39, 0.29) is 19.2 Å². The molecular formula is C42H68O4. The summed E-state index contributed by atoms with van der Waals surface area (Å²) in [6.07, 6.45) is 54.5. The summed E-state index contributed by atoms with van der Waals surface area (Å²) < 4.78 is 11.0. The molecule has 0 aromatic carbocycles. The average molecular weight is 637 g/mol. The van der Waals surface area contributed by atoms with Gasteiger partial charge in [-0.05, 0) is 83.5 Å². The number of ether oxygens (including phenoxy) is 2. The van der Waals surface area contributed by atoms with Gasteiger partial charge in [-0.3, -0.25) is 4.79 Å². The van der Waals surface area contributed by atoms with Gasteiger partial charge in [-0.15, -0.1) is 0 Å². The molecule has 46 heavy (non-hydrogen) atoms. The second-order valence-electron chi connectivity index (χ2n) is 11.6. The van der Waals surface area contributed by atoms with Crippen LogP contribution in [0.2, 0.25) is 0 Å². The van der Waals surface area contributed by atoms with E-state index in [9.17, 15) is 9.90 Å². The van der Waals surface area contributed by atoms with Crippen LogP contribution in [-0.2, 0) is 14.3 Å². The number of esters is 1. The third kappa shape index (κ3) is 35.8. The molecule has 0 saturated heterocycles. The molecule has 1 unspecified atom stereocenters. The lowest BCUT2D eigenvalue weighted by Gasteiger charge is -2.15. The molecule has 0 amide bonds. The first-order chi connectivity index (χ1) is 22.7. The molecular weight excluding hydrogens is 568 g/mol. The van der Waals surface area contributed by atoms with E-state index in [1.54, 1.807) is 0 Å². The Kier molecular flexibility index (Phi) is 36.2. The van der Waals surface area contributed by atoms with Gasteiger partial charge in [-0.2, -0.15) is 0 Å². The van der Waals surface area contributed by atoms with Crippen LogP contribution < -0.4 is 0 Å². The van der Waals surface area contributed by atoms with Crippen molar-refractivity contribution in [1.82, 2.24) is 0 Å². The van der Waals surface area contributed by atoms with Gasteiger partial charge in [0.15, 0.2) is 0 Å². The maximum Gasteiger partial charge on any atom is 0.306 e. The van der Waals surface area contributed by atoms with Crippen molar-refractivity contribution in [3.63, 3.8) is 0 Å². The SMILES string of the molecule is CC/C=C\C/C=C\C/C=C\C/C=C\C/C=C\C/C=C\C/C=C\CCCC(=O)OC(CO)COCCCCCCCC/C=C\CCC. The molecule has 260 valence electrons. The molecule has 0 saturated carbocycles. The van der Waals surface area contributed by atoms with Crippen LogP contribution in [0, 0.1) is 0 Å².